The molecule has 0 bridgehead atoms. The van der Waals surface area contributed by atoms with Crippen molar-refractivity contribution in [3.05, 3.63) is 101 Å². The number of para-hydroxylation sites is 1. The van der Waals surface area contributed by atoms with Crippen LogP contribution in [0.3, 0.4) is 0 Å². The molecule has 0 saturated heterocycles. The highest BCUT2D eigenvalue weighted by molar-refractivity contribution is 6.05. The van der Waals surface area contributed by atoms with Crippen LogP contribution >= 0.6 is 0 Å². The number of nitrogens with one attached hydrogen (secondary N) is 2. The Kier molecular flexibility index (Phi) is 7.75. The second kappa shape index (κ2) is 11.1. The molecule has 0 saturated carbocycles. The van der Waals surface area contributed by atoms with Gasteiger partial charge < -0.3 is 15.2 Å². The fourth-order valence-electron chi connectivity index (χ4n) is 2.75. The Hall–Kier alpha value is -4.39. The van der Waals surface area contributed by atoms with Crippen molar-refractivity contribution < 1.29 is 19.4 Å². The lowest BCUT2D eigenvalue weighted by molar-refractivity contribution is -0.117. The average molecular weight is 429 g/mol. The summed E-state index contributed by atoms with van der Waals surface area (Å²) in [6, 6.07) is 22.2. The van der Waals surface area contributed by atoms with Crippen LogP contribution in [0.5, 0.6) is 11.5 Å². The van der Waals surface area contributed by atoms with Crippen molar-refractivity contribution in [2.75, 3.05) is 6.61 Å². The minimum atomic E-state index is -0.639. The number of carbonyl (C=O) groups is 2. The number of hydrazone groups is 1. The van der Waals surface area contributed by atoms with Crippen LogP contribution in [0.1, 0.15) is 28.4 Å². The summed E-state index contributed by atoms with van der Waals surface area (Å²) < 4.78 is 5.39. The number of amides is 2. The van der Waals surface area contributed by atoms with Crippen molar-refractivity contribution in [2.45, 2.75) is 6.92 Å². The lowest BCUT2D eigenvalue weighted by Gasteiger charge is -2.10. The third kappa shape index (κ3) is 6.30. The largest absolute Gasteiger partial charge is 0.507 e. The van der Waals surface area contributed by atoms with Gasteiger partial charge in [-0.15, -0.1) is 0 Å². The topological polar surface area (TPSA) is 100 Å². The lowest BCUT2D eigenvalue weighted by atomic mass is 10.1. The van der Waals surface area contributed by atoms with E-state index in [0.717, 1.165) is 11.3 Å². The molecule has 3 N–H and O–H groups in total. The third-order valence-electron chi connectivity index (χ3n) is 4.34. The minimum absolute atomic E-state index is 0.0235. The van der Waals surface area contributed by atoms with E-state index < -0.39 is 11.8 Å². The van der Waals surface area contributed by atoms with E-state index in [1.807, 2.05) is 6.92 Å². The van der Waals surface area contributed by atoms with Crippen molar-refractivity contribution in [1.82, 2.24) is 10.7 Å². The summed E-state index contributed by atoms with van der Waals surface area (Å²) in [6.07, 6.45) is 2.86. The normalized spacial score (nSPS) is 11.2. The maximum absolute atomic E-state index is 12.7. The molecule has 7 heteroatoms. The van der Waals surface area contributed by atoms with E-state index in [-0.39, 0.29) is 11.4 Å². The Labute approximate surface area is 186 Å². The van der Waals surface area contributed by atoms with E-state index in [2.05, 4.69) is 15.8 Å². The van der Waals surface area contributed by atoms with Gasteiger partial charge in [-0.2, -0.15) is 5.10 Å². The molecule has 0 radical (unpaired) electrons. The second-order valence-corrected chi connectivity index (χ2v) is 6.64. The fourth-order valence-corrected chi connectivity index (χ4v) is 2.75. The molecule has 162 valence electrons. The highest BCUT2D eigenvalue weighted by Gasteiger charge is 2.15. The molecule has 7 nitrogen and oxygen atoms in total. The number of hydrogen-bond donors (Lipinski definition) is 3. The summed E-state index contributed by atoms with van der Waals surface area (Å²) in [6.45, 7) is 2.48. The van der Waals surface area contributed by atoms with Gasteiger partial charge in [0.25, 0.3) is 11.8 Å². The maximum atomic E-state index is 12.7. The second-order valence-electron chi connectivity index (χ2n) is 6.64. The lowest BCUT2D eigenvalue weighted by Crippen LogP contribution is -2.32. The van der Waals surface area contributed by atoms with Gasteiger partial charge in [0.1, 0.15) is 17.2 Å². The van der Waals surface area contributed by atoms with Crippen LogP contribution in [0.4, 0.5) is 0 Å². The van der Waals surface area contributed by atoms with Crippen LogP contribution in [0, 0.1) is 0 Å². The molecule has 0 aliphatic carbocycles. The predicted molar refractivity (Wildman–Crippen MR) is 123 cm³/mol. The molecular weight excluding hydrogens is 406 g/mol. The number of benzene rings is 3. The molecule has 0 aliphatic rings. The van der Waals surface area contributed by atoms with Gasteiger partial charge in [0.05, 0.1) is 12.8 Å². The third-order valence-corrected chi connectivity index (χ3v) is 4.34. The van der Waals surface area contributed by atoms with E-state index in [1.165, 1.54) is 18.4 Å². The summed E-state index contributed by atoms with van der Waals surface area (Å²) in [5, 5.41) is 16.6. The summed E-state index contributed by atoms with van der Waals surface area (Å²) in [5.74, 6) is -0.382. The molecule has 0 aliphatic heterocycles. The highest BCUT2D eigenvalue weighted by Crippen LogP contribution is 2.18. The van der Waals surface area contributed by atoms with Gasteiger partial charge in [-0.1, -0.05) is 36.4 Å². The molecule has 3 aromatic carbocycles. The number of phenols is 1. The first-order valence-electron chi connectivity index (χ1n) is 9.99. The molecule has 0 spiro atoms. The smallest absolute Gasteiger partial charge is 0.287 e. The summed E-state index contributed by atoms with van der Waals surface area (Å²) in [7, 11) is 0. The standard InChI is InChI=1S/C25H23N3O4/c1-2-32-21-14-12-18(13-15-21)17-26-28-25(31)22(16-20-10-6-7-11-23(20)29)27-24(30)19-8-4-3-5-9-19/h3-17,29H,2H2,1H3,(H,27,30)(H,28,31). The number of hydrogen-bond acceptors (Lipinski definition) is 5. The molecule has 0 aromatic heterocycles. The average Bonchev–Trinajstić information content (AvgIpc) is 2.81. The Morgan fingerprint density at radius 3 is 2.34 bits per heavy atom. The van der Waals surface area contributed by atoms with E-state index in [0.29, 0.717) is 17.7 Å². The molecule has 0 atom stereocenters. The quantitative estimate of drug-likeness (QED) is 0.289. The number of ether oxygens (including phenoxy) is 1. The fraction of sp³-hybridized carbons (Fsp3) is 0.0800. The van der Waals surface area contributed by atoms with Gasteiger partial charge in [0.2, 0.25) is 0 Å². The Morgan fingerprint density at radius 1 is 0.969 bits per heavy atom. The van der Waals surface area contributed by atoms with Crippen LogP contribution in [0.15, 0.2) is 89.7 Å². The molecule has 0 fully saturated rings. The molecule has 0 unspecified atom stereocenters. The van der Waals surface area contributed by atoms with Gasteiger partial charge >= 0.3 is 0 Å². The van der Waals surface area contributed by atoms with Gasteiger partial charge in [-0.3, -0.25) is 9.59 Å². The van der Waals surface area contributed by atoms with Crippen LogP contribution in [-0.4, -0.2) is 29.7 Å². The first kappa shape index (κ1) is 22.3. The maximum Gasteiger partial charge on any atom is 0.287 e. The monoisotopic (exact) mass is 429 g/mol. The molecule has 32 heavy (non-hydrogen) atoms. The number of nitrogens with zero attached hydrogens (tertiary/aromatic N) is 1. The van der Waals surface area contributed by atoms with Crippen LogP contribution in [0.25, 0.3) is 6.08 Å². The van der Waals surface area contributed by atoms with Crippen LogP contribution in [-0.2, 0) is 4.79 Å². The van der Waals surface area contributed by atoms with E-state index in [9.17, 15) is 14.7 Å². The number of carbonyl (C=O) groups excluding carboxylic acids is 2. The van der Waals surface area contributed by atoms with Crippen LogP contribution in [0.2, 0.25) is 0 Å². The number of phenolic OH excluding ortho intramolecular Hbond substituents is 1. The molecule has 2 amide bonds. The first-order chi connectivity index (χ1) is 15.6. The number of rotatable bonds is 8. The molecule has 3 rings (SSSR count). The zero-order valence-corrected chi connectivity index (χ0v) is 17.5. The Balaban J connectivity index is 1.76. The Bertz CT molecular complexity index is 1120. The minimum Gasteiger partial charge on any atom is -0.507 e. The van der Waals surface area contributed by atoms with Crippen molar-refractivity contribution in [1.29, 1.82) is 0 Å². The van der Waals surface area contributed by atoms with E-state index >= 15 is 0 Å². The molecular formula is C25H23N3O4. The zero-order valence-electron chi connectivity index (χ0n) is 17.5. The van der Waals surface area contributed by atoms with Crippen molar-refractivity contribution in [3.63, 3.8) is 0 Å². The zero-order chi connectivity index (χ0) is 22.8. The van der Waals surface area contributed by atoms with Gasteiger partial charge in [-0.25, -0.2) is 5.43 Å². The molecule has 3 aromatic rings. The van der Waals surface area contributed by atoms with E-state index in [1.54, 1.807) is 72.8 Å². The highest BCUT2D eigenvalue weighted by atomic mass is 16.5. The number of aromatic hydroxyl groups is 1. The first-order valence-corrected chi connectivity index (χ1v) is 9.99. The van der Waals surface area contributed by atoms with Gasteiger partial charge in [0.15, 0.2) is 0 Å². The summed E-state index contributed by atoms with van der Waals surface area (Å²) >= 11 is 0. The van der Waals surface area contributed by atoms with Crippen molar-refractivity contribution in [3.8, 4) is 11.5 Å². The summed E-state index contributed by atoms with van der Waals surface area (Å²) in [4.78, 5) is 25.3. The Morgan fingerprint density at radius 2 is 1.66 bits per heavy atom. The summed E-state index contributed by atoms with van der Waals surface area (Å²) in [5.41, 5.74) is 3.86. The molecule has 0 heterocycles. The predicted octanol–water partition coefficient (Wildman–Crippen LogP) is 3.71. The SMILES string of the molecule is CCOc1ccc(C=NNC(=O)C(=Cc2ccccc2O)NC(=O)c2ccccc2)cc1. The van der Waals surface area contributed by atoms with E-state index in [4.69, 9.17) is 4.74 Å². The van der Waals surface area contributed by atoms with Crippen molar-refractivity contribution >= 4 is 24.1 Å². The van der Waals surface area contributed by atoms with Crippen molar-refractivity contribution in [2.24, 2.45) is 5.10 Å². The van der Waals surface area contributed by atoms with Crippen LogP contribution < -0.4 is 15.5 Å². The van der Waals surface area contributed by atoms with Gasteiger partial charge in [-0.05, 0) is 61.0 Å². The van der Waals surface area contributed by atoms with Gasteiger partial charge in [0, 0.05) is 11.1 Å².